The zero-order valence-corrected chi connectivity index (χ0v) is 9.72. The molecule has 0 bridgehead atoms. The fourth-order valence-electron chi connectivity index (χ4n) is 0.638. The Morgan fingerprint density at radius 1 is 1.29 bits per heavy atom. The van der Waals surface area contributed by atoms with E-state index in [1.54, 1.807) is 0 Å². The van der Waals surface area contributed by atoms with Gasteiger partial charge in [-0.1, -0.05) is 48.6 Å². The molecule has 0 amide bonds. The molecule has 0 aromatic rings. The lowest BCUT2D eigenvalue weighted by atomic mass is 10.1. The van der Waals surface area contributed by atoms with Crippen LogP contribution in [0.2, 0.25) is 0 Å². The monoisotopic (exact) mass is 193 g/mol. The Labute approximate surface area is 88.7 Å². The quantitative estimate of drug-likeness (QED) is 0.535. The molecule has 0 saturated heterocycles. The first-order valence-corrected chi connectivity index (χ1v) is 4.88. The maximum absolute atomic E-state index is 5.33. The van der Waals surface area contributed by atoms with Gasteiger partial charge in [0.25, 0.3) is 0 Å². The van der Waals surface area contributed by atoms with Crippen molar-refractivity contribution in [1.29, 1.82) is 0 Å². The highest BCUT2D eigenvalue weighted by atomic mass is 14.5. The third-order valence-electron chi connectivity index (χ3n) is 1.55. The summed E-state index contributed by atoms with van der Waals surface area (Å²) < 4.78 is 0. The molecule has 0 aromatic carbocycles. The van der Waals surface area contributed by atoms with Crippen molar-refractivity contribution in [1.82, 2.24) is 0 Å². The van der Waals surface area contributed by atoms with Crippen molar-refractivity contribution in [3.8, 4) is 0 Å². The summed E-state index contributed by atoms with van der Waals surface area (Å²) >= 11 is 0. The molecule has 0 fully saturated rings. The molecule has 0 spiro atoms. The summed E-state index contributed by atoms with van der Waals surface area (Å²) in [6, 6.07) is 0. The average molecular weight is 193 g/mol. The van der Waals surface area contributed by atoms with E-state index in [-0.39, 0.29) is 0 Å². The van der Waals surface area contributed by atoms with E-state index in [1.807, 2.05) is 45.1 Å². The van der Waals surface area contributed by atoms with Crippen LogP contribution in [0.5, 0.6) is 0 Å². The van der Waals surface area contributed by atoms with Crippen molar-refractivity contribution in [2.24, 2.45) is 5.73 Å². The largest absolute Gasteiger partial charge is 0.330 e. The summed E-state index contributed by atoms with van der Waals surface area (Å²) in [4.78, 5) is 0. The highest BCUT2D eigenvalue weighted by molar-refractivity contribution is 5.25. The van der Waals surface area contributed by atoms with E-state index in [4.69, 9.17) is 5.73 Å². The highest BCUT2D eigenvalue weighted by Gasteiger charge is 1.86. The third-order valence-corrected chi connectivity index (χ3v) is 1.55. The molecular weight excluding hydrogens is 170 g/mol. The second-order valence-corrected chi connectivity index (χ2v) is 2.96. The van der Waals surface area contributed by atoms with E-state index in [0.717, 1.165) is 17.6 Å². The van der Waals surface area contributed by atoms with Crippen LogP contribution in [0.1, 0.15) is 27.2 Å². The van der Waals surface area contributed by atoms with Gasteiger partial charge in [0.15, 0.2) is 0 Å². The number of hydrogen-bond acceptors (Lipinski definition) is 1. The molecule has 1 nitrogen and oxygen atoms in total. The van der Waals surface area contributed by atoms with Gasteiger partial charge in [0, 0.05) is 0 Å². The Morgan fingerprint density at radius 2 is 1.79 bits per heavy atom. The molecule has 0 aliphatic carbocycles. The van der Waals surface area contributed by atoms with E-state index in [2.05, 4.69) is 13.2 Å². The average Bonchev–Trinajstić information content (AvgIpc) is 2.18. The molecular formula is C13H23N. The molecule has 0 radical (unpaired) electrons. The van der Waals surface area contributed by atoms with Crippen LogP contribution >= 0.6 is 0 Å². The van der Waals surface area contributed by atoms with Gasteiger partial charge in [-0.3, -0.25) is 0 Å². The van der Waals surface area contributed by atoms with Crippen LogP contribution in [0.15, 0.2) is 48.6 Å². The Bertz CT molecular complexity index is 205. The molecule has 14 heavy (non-hydrogen) atoms. The van der Waals surface area contributed by atoms with Crippen molar-refractivity contribution in [3.63, 3.8) is 0 Å². The zero-order valence-electron chi connectivity index (χ0n) is 9.72. The van der Waals surface area contributed by atoms with Crippen molar-refractivity contribution in [2.45, 2.75) is 27.2 Å². The summed E-state index contributed by atoms with van der Waals surface area (Å²) in [6.07, 6.45) is 8.67. The molecule has 0 atom stereocenters. The topological polar surface area (TPSA) is 26.0 Å². The molecule has 0 heterocycles. The first kappa shape index (κ1) is 15.4. The van der Waals surface area contributed by atoms with Crippen molar-refractivity contribution in [2.75, 3.05) is 6.54 Å². The van der Waals surface area contributed by atoms with Gasteiger partial charge in [-0.25, -0.2) is 0 Å². The van der Waals surface area contributed by atoms with Gasteiger partial charge in [-0.05, 0) is 33.7 Å². The van der Waals surface area contributed by atoms with Crippen LogP contribution in [0, 0.1) is 0 Å². The number of nitrogens with two attached hydrogens (primary N) is 1. The van der Waals surface area contributed by atoms with Gasteiger partial charge < -0.3 is 5.73 Å². The minimum absolute atomic E-state index is 0.666. The standard InChI is InChI=1S/C9H15N.C4H8/c1-4-8(2)7-9(3)5-6-10;1-3-4-2/h4,7H,1,3,5-6,10H2,2H3;3-4H,1-2H3/b8-7-;4-3-. The Morgan fingerprint density at radius 3 is 2.07 bits per heavy atom. The SMILES string of the molecule is C/C=C\C.C=C/C(C)=C\C(=C)CCN. The van der Waals surface area contributed by atoms with Crippen LogP contribution in [-0.2, 0) is 0 Å². The first-order chi connectivity index (χ1) is 6.62. The molecule has 0 aliphatic heterocycles. The lowest BCUT2D eigenvalue weighted by molar-refractivity contribution is 0.975. The van der Waals surface area contributed by atoms with Gasteiger partial charge in [0.1, 0.15) is 0 Å². The number of allylic oxidation sites excluding steroid dienone is 5. The molecule has 0 saturated carbocycles. The van der Waals surface area contributed by atoms with Crippen LogP contribution in [0.25, 0.3) is 0 Å². The number of hydrogen-bond donors (Lipinski definition) is 1. The third kappa shape index (κ3) is 13.5. The van der Waals surface area contributed by atoms with E-state index in [1.165, 1.54) is 0 Å². The predicted molar refractivity (Wildman–Crippen MR) is 67.3 cm³/mol. The molecule has 0 unspecified atom stereocenters. The summed E-state index contributed by atoms with van der Waals surface area (Å²) in [5.74, 6) is 0. The van der Waals surface area contributed by atoms with Gasteiger partial charge in [-0.15, -0.1) is 0 Å². The van der Waals surface area contributed by atoms with Crippen molar-refractivity contribution >= 4 is 0 Å². The summed E-state index contributed by atoms with van der Waals surface area (Å²) in [6.45, 7) is 14.1. The lowest BCUT2D eigenvalue weighted by Crippen LogP contribution is -1.98. The fraction of sp³-hybridized carbons (Fsp3) is 0.385. The molecule has 0 rings (SSSR count). The minimum Gasteiger partial charge on any atom is -0.330 e. The van der Waals surface area contributed by atoms with Gasteiger partial charge in [0.2, 0.25) is 0 Å². The maximum Gasteiger partial charge on any atom is -0.00369 e. The summed E-state index contributed by atoms with van der Waals surface area (Å²) in [5, 5.41) is 0. The summed E-state index contributed by atoms with van der Waals surface area (Å²) in [5.41, 5.74) is 7.54. The van der Waals surface area contributed by atoms with Crippen molar-refractivity contribution < 1.29 is 0 Å². The van der Waals surface area contributed by atoms with Crippen LogP contribution in [0.4, 0.5) is 0 Å². The Kier molecular flexibility index (Phi) is 13.1. The molecule has 0 aliphatic rings. The van der Waals surface area contributed by atoms with Gasteiger partial charge >= 0.3 is 0 Å². The van der Waals surface area contributed by atoms with Crippen molar-refractivity contribution in [3.05, 3.63) is 48.6 Å². The predicted octanol–water partition coefficient (Wildman–Crippen LogP) is 3.61. The van der Waals surface area contributed by atoms with Crippen LogP contribution in [-0.4, -0.2) is 6.54 Å². The number of rotatable bonds is 4. The Hall–Kier alpha value is -1.08. The smallest absolute Gasteiger partial charge is 0.00369 e. The molecule has 2 N–H and O–H groups in total. The van der Waals surface area contributed by atoms with E-state index >= 15 is 0 Å². The molecule has 1 heteroatoms. The minimum atomic E-state index is 0.666. The molecule has 0 aromatic heterocycles. The second kappa shape index (κ2) is 11.9. The molecule has 80 valence electrons. The summed E-state index contributed by atoms with van der Waals surface area (Å²) in [7, 11) is 0. The van der Waals surface area contributed by atoms with E-state index in [0.29, 0.717) is 6.54 Å². The van der Waals surface area contributed by atoms with E-state index < -0.39 is 0 Å². The normalized spacial score (nSPS) is 10.7. The second-order valence-electron chi connectivity index (χ2n) is 2.96. The first-order valence-electron chi connectivity index (χ1n) is 4.88. The van der Waals surface area contributed by atoms with Gasteiger partial charge in [-0.2, -0.15) is 0 Å². The fourth-order valence-corrected chi connectivity index (χ4v) is 0.638. The lowest BCUT2D eigenvalue weighted by Gasteiger charge is -1.96. The maximum atomic E-state index is 5.33. The highest BCUT2D eigenvalue weighted by Crippen LogP contribution is 2.03. The van der Waals surface area contributed by atoms with Crippen LogP contribution in [0.3, 0.4) is 0 Å². The van der Waals surface area contributed by atoms with E-state index in [9.17, 15) is 0 Å². The van der Waals surface area contributed by atoms with Gasteiger partial charge in [0.05, 0.1) is 0 Å². The Balaban J connectivity index is 0. The van der Waals surface area contributed by atoms with Crippen LogP contribution < -0.4 is 5.73 Å². The zero-order chi connectivity index (χ0) is 11.4.